The fraction of sp³-hybridized carbons (Fsp3) is 0.739. The second kappa shape index (κ2) is 19.2. The molecule has 0 radical (unpaired) electrons. The van der Waals surface area contributed by atoms with Crippen LogP contribution < -0.4 is 5.48 Å². The molecular formula is C23H41NO3. The van der Waals surface area contributed by atoms with Gasteiger partial charge in [-0.25, -0.2) is 4.79 Å². The normalized spacial score (nSPS) is 12.1. The minimum atomic E-state index is -0.636. The molecule has 1 atom stereocenters. The van der Waals surface area contributed by atoms with Gasteiger partial charge in [0.2, 0.25) is 0 Å². The third-order valence-electron chi connectivity index (χ3n) is 4.85. The average Bonchev–Trinajstić information content (AvgIpc) is 2.68. The van der Waals surface area contributed by atoms with Gasteiger partial charge >= 0.3 is 5.97 Å². The minimum Gasteiger partial charge on any atom is -0.336 e. The Kier molecular flexibility index (Phi) is 18.1. The number of rotatable bonds is 17. The Balaban J connectivity index is 3.55. The maximum Gasteiger partial charge on any atom is 0.355 e. The second-order valence-electron chi connectivity index (χ2n) is 7.22. The number of amides is 1. The quantitative estimate of drug-likeness (QED) is 0.137. The summed E-state index contributed by atoms with van der Waals surface area (Å²) >= 11 is 0. The zero-order chi connectivity index (χ0) is 20.2. The molecule has 1 N–H and O–H groups in total. The van der Waals surface area contributed by atoms with Crippen molar-refractivity contribution in [3.8, 4) is 0 Å². The van der Waals surface area contributed by atoms with Crippen molar-refractivity contribution in [1.82, 2.24) is 5.48 Å². The molecule has 0 saturated carbocycles. The SMILES string of the molecule is C=CC(=O)ONC(=O)C(CC)CCCCCCC=CCCCCCCCC. The molecule has 156 valence electrons. The van der Waals surface area contributed by atoms with Crippen LogP contribution in [0.4, 0.5) is 0 Å². The summed E-state index contributed by atoms with van der Waals surface area (Å²) < 4.78 is 0. The standard InChI is InChI=1S/C23H41NO3/c1-4-7-8-9-10-11-12-13-14-15-16-17-18-19-20-21(5-2)23(26)24-27-22(25)6-3/h6,13-14,21H,3-5,7-12,15-20H2,1-2H3,(H,24,26). The zero-order valence-electron chi connectivity index (χ0n) is 17.6. The van der Waals surface area contributed by atoms with Crippen LogP contribution in [0.5, 0.6) is 0 Å². The first-order valence-corrected chi connectivity index (χ1v) is 10.9. The first-order chi connectivity index (χ1) is 13.2. The Morgan fingerprint density at radius 3 is 2.00 bits per heavy atom. The molecule has 0 aromatic carbocycles. The van der Waals surface area contributed by atoms with Crippen molar-refractivity contribution in [2.75, 3.05) is 0 Å². The average molecular weight is 380 g/mol. The van der Waals surface area contributed by atoms with Gasteiger partial charge in [0.25, 0.3) is 5.91 Å². The van der Waals surface area contributed by atoms with E-state index in [1.54, 1.807) is 0 Å². The van der Waals surface area contributed by atoms with Crippen molar-refractivity contribution in [3.05, 3.63) is 24.8 Å². The maximum absolute atomic E-state index is 11.9. The number of unbranched alkanes of at least 4 members (excludes halogenated alkanes) is 10. The Morgan fingerprint density at radius 2 is 1.44 bits per heavy atom. The van der Waals surface area contributed by atoms with Gasteiger partial charge in [-0.15, -0.1) is 0 Å². The van der Waals surface area contributed by atoms with Gasteiger partial charge in [-0.1, -0.05) is 83.9 Å². The summed E-state index contributed by atoms with van der Waals surface area (Å²) in [5.74, 6) is -0.951. The zero-order valence-corrected chi connectivity index (χ0v) is 17.6. The van der Waals surface area contributed by atoms with E-state index in [1.807, 2.05) is 6.92 Å². The highest BCUT2D eigenvalue weighted by Crippen LogP contribution is 2.15. The van der Waals surface area contributed by atoms with Crippen molar-refractivity contribution in [1.29, 1.82) is 0 Å². The molecule has 0 aliphatic carbocycles. The molecule has 0 aromatic rings. The molecule has 4 heteroatoms. The highest BCUT2D eigenvalue weighted by atomic mass is 16.7. The molecule has 0 heterocycles. The predicted molar refractivity (Wildman–Crippen MR) is 113 cm³/mol. The van der Waals surface area contributed by atoms with Crippen LogP contribution in [0.1, 0.15) is 104 Å². The summed E-state index contributed by atoms with van der Waals surface area (Å²) in [6, 6.07) is 0. The molecular weight excluding hydrogens is 338 g/mol. The largest absolute Gasteiger partial charge is 0.355 e. The summed E-state index contributed by atoms with van der Waals surface area (Å²) in [5, 5.41) is 0. The van der Waals surface area contributed by atoms with E-state index in [0.717, 1.165) is 38.2 Å². The molecule has 27 heavy (non-hydrogen) atoms. The predicted octanol–water partition coefficient (Wildman–Crippen LogP) is 6.42. The number of carbonyl (C=O) groups is 2. The van der Waals surface area contributed by atoms with Gasteiger partial charge in [-0.3, -0.25) is 4.79 Å². The smallest absolute Gasteiger partial charge is 0.336 e. The van der Waals surface area contributed by atoms with Gasteiger partial charge in [0.05, 0.1) is 0 Å². The first kappa shape index (κ1) is 25.4. The van der Waals surface area contributed by atoms with E-state index in [9.17, 15) is 9.59 Å². The maximum atomic E-state index is 11.9. The molecule has 1 amide bonds. The summed E-state index contributed by atoms with van der Waals surface area (Å²) in [6.07, 6.45) is 22.4. The van der Waals surface area contributed by atoms with Crippen molar-refractivity contribution in [2.24, 2.45) is 5.92 Å². The van der Waals surface area contributed by atoms with E-state index in [1.165, 1.54) is 57.8 Å². The van der Waals surface area contributed by atoms with Crippen LogP contribution in [-0.4, -0.2) is 11.9 Å². The van der Waals surface area contributed by atoms with Crippen molar-refractivity contribution in [3.63, 3.8) is 0 Å². The van der Waals surface area contributed by atoms with E-state index in [-0.39, 0.29) is 11.8 Å². The Morgan fingerprint density at radius 1 is 0.889 bits per heavy atom. The number of allylic oxidation sites excluding steroid dienone is 2. The number of nitrogens with one attached hydrogen (secondary N) is 1. The molecule has 0 aliphatic heterocycles. The van der Waals surface area contributed by atoms with Crippen LogP contribution in [0.25, 0.3) is 0 Å². The molecule has 0 aromatic heterocycles. The third kappa shape index (κ3) is 16.3. The van der Waals surface area contributed by atoms with Crippen LogP contribution in [0.2, 0.25) is 0 Å². The van der Waals surface area contributed by atoms with Gasteiger partial charge in [0, 0.05) is 12.0 Å². The van der Waals surface area contributed by atoms with E-state index in [0.29, 0.717) is 0 Å². The van der Waals surface area contributed by atoms with Gasteiger partial charge in [-0.05, 0) is 38.5 Å². The summed E-state index contributed by atoms with van der Waals surface area (Å²) in [4.78, 5) is 27.5. The summed E-state index contributed by atoms with van der Waals surface area (Å²) in [7, 11) is 0. The lowest BCUT2D eigenvalue weighted by atomic mass is 9.97. The number of hydroxylamine groups is 1. The van der Waals surface area contributed by atoms with Gasteiger partial charge in [0.1, 0.15) is 0 Å². The highest BCUT2D eigenvalue weighted by Gasteiger charge is 2.16. The highest BCUT2D eigenvalue weighted by molar-refractivity contribution is 5.84. The van der Waals surface area contributed by atoms with E-state index >= 15 is 0 Å². The topological polar surface area (TPSA) is 55.4 Å². The Hall–Kier alpha value is -1.58. The van der Waals surface area contributed by atoms with Gasteiger partial charge < -0.3 is 4.84 Å². The lowest BCUT2D eigenvalue weighted by Gasteiger charge is -2.13. The fourth-order valence-corrected chi connectivity index (χ4v) is 3.03. The number of hydrogen-bond acceptors (Lipinski definition) is 3. The van der Waals surface area contributed by atoms with Crippen LogP contribution in [0.3, 0.4) is 0 Å². The van der Waals surface area contributed by atoms with E-state index < -0.39 is 5.97 Å². The van der Waals surface area contributed by atoms with E-state index in [2.05, 4.69) is 36.0 Å². The van der Waals surface area contributed by atoms with Crippen molar-refractivity contribution < 1.29 is 14.4 Å². The van der Waals surface area contributed by atoms with Gasteiger partial charge in [-0.2, -0.15) is 5.48 Å². The monoisotopic (exact) mass is 379 g/mol. The molecule has 4 nitrogen and oxygen atoms in total. The van der Waals surface area contributed by atoms with Crippen molar-refractivity contribution in [2.45, 2.75) is 104 Å². The summed E-state index contributed by atoms with van der Waals surface area (Å²) in [5.41, 5.74) is 2.22. The van der Waals surface area contributed by atoms with Crippen LogP contribution in [0.15, 0.2) is 24.8 Å². The molecule has 0 rings (SSSR count). The van der Waals surface area contributed by atoms with Crippen LogP contribution in [0, 0.1) is 5.92 Å². The third-order valence-corrected chi connectivity index (χ3v) is 4.85. The fourth-order valence-electron chi connectivity index (χ4n) is 3.03. The van der Waals surface area contributed by atoms with Crippen LogP contribution in [-0.2, 0) is 14.4 Å². The molecule has 1 unspecified atom stereocenters. The molecule has 0 bridgehead atoms. The summed E-state index contributed by atoms with van der Waals surface area (Å²) in [6.45, 7) is 7.53. The van der Waals surface area contributed by atoms with Gasteiger partial charge in [0.15, 0.2) is 0 Å². The molecule has 0 spiro atoms. The Labute approximate surface area is 166 Å². The van der Waals surface area contributed by atoms with E-state index in [4.69, 9.17) is 0 Å². The van der Waals surface area contributed by atoms with Crippen LogP contribution >= 0.6 is 0 Å². The Bertz CT molecular complexity index is 418. The lowest BCUT2D eigenvalue weighted by molar-refractivity contribution is -0.155. The molecule has 0 fully saturated rings. The number of carbonyl (C=O) groups excluding carboxylic acids is 2. The number of hydrogen-bond donors (Lipinski definition) is 1. The first-order valence-electron chi connectivity index (χ1n) is 10.9. The second-order valence-corrected chi connectivity index (χ2v) is 7.22. The minimum absolute atomic E-state index is 0.0974. The lowest BCUT2D eigenvalue weighted by Crippen LogP contribution is -2.32. The molecule has 0 aliphatic rings. The van der Waals surface area contributed by atoms with Crippen molar-refractivity contribution >= 4 is 11.9 Å². The molecule has 0 saturated heterocycles.